The molecule has 3 aromatic rings. The summed E-state index contributed by atoms with van der Waals surface area (Å²) in [5.74, 6) is 0.143. The van der Waals surface area contributed by atoms with Crippen LogP contribution in [0.4, 0.5) is 5.69 Å². The molecular formula is C23H21BrN2O3. The summed E-state index contributed by atoms with van der Waals surface area (Å²) in [5.41, 5.74) is 3.36. The smallest absolute Gasteiger partial charge is 0.291 e. The normalized spacial score (nSPS) is 14.3. The van der Waals surface area contributed by atoms with Gasteiger partial charge in [0.05, 0.1) is 6.04 Å². The molecule has 1 atom stereocenters. The number of halogens is 1. The van der Waals surface area contributed by atoms with E-state index in [1.807, 2.05) is 0 Å². The predicted molar refractivity (Wildman–Crippen MR) is 115 cm³/mol. The quantitative estimate of drug-likeness (QED) is 0.519. The van der Waals surface area contributed by atoms with Gasteiger partial charge in [0.1, 0.15) is 0 Å². The summed E-state index contributed by atoms with van der Waals surface area (Å²) in [6.07, 6.45) is 2.24. The minimum atomic E-state index is -0.372. The van der Waals surface area contributed by atoms with E-state index in [-0.39, 0.29) is 23.6 Å². The Morgan fingerprint density at radius 2 is 1.79 bits per heavy atom. The van der Waals surface area contributed by atoms with Gasteiger partial charge < -0.3 is 15.1 Å². The fourth-order valence-electron chi connectivity index (χ4n) is 3.27. The summed E-state index contributed by atoms with van der Waals surface area (Å²) in [4.78, 5) is 25.2. The first-order valence-electron chi connectivity index (χ1n) is 9.54. The summed E-state index contributed by atoms with van der Waals surface area (Å²) in [7, 11) is 0. The Morgan fingerprint density at radius 1 is 1.03 bits per heavy atom. The molecule has 1 unspecified atom stereocenters. The van der Waals surface area contributed by atoms with Gasteiger partial charge in [-0.1, -0.05) is 35.9 Å². The molecule has 0 saturated heterocycles. The van der Waals surface area contributed by atoms with Crippen LogP contribution in [0.25, 0.3) is 0 Å². The SMILES string of the molecule is Cc1ccc(C(NC(=O)c2cccc(NC(=O)c3ccc(Br)o3)c2)C2CC2)cc1. The highest BCUT2D eigenvalue weighted by Crippen LogP contribution is 2.41. The number of rotatable bonds is 6. The third kappa shape index (κ3) is 4.77. The number of aryl methyl sites for hydroxylation is 1. The van der Waals surface area contributed by atoms with Crippen molar-refractivity contribution >= 4 is 33.4 Å². The highest BCUT2D eigenvalue weighted by molar-refractivity contribution is 9.10. The second kappa shape index (κ2) is 8.25. The molecule has 0 aliphatic heterocycles. The highest BCUT2D eigenvalue weighted by Gasteiger charge is 2.33. The van der Waals surface area contributed by atoms with Crippen molar-refractivity contribution in [2.45, 2.75) is 25.8 Å². The number of nitrogens with one attached hydrogen (secondary N) is 2. The van der Waals surface area contributed by atoms with Crippen molar-refractivity contribution in [1.82, 2.24) is 5.32 Å². The van der Waals surface area contributed by atoms with Crippen molar-refractivity contribution < 1.29 is 14.0 Å². The monoisotopic (exact) mass is 452 g/mol. The van der Waals surface area contributed by atoms with Gasteiger partial charge in [-0.3, -0.25) is 9.59 Å². The Labute approximate surface area is 177 Å². The number of benzene rings is 2. The summed E-state index contributed by atoms with van der Waals surface area (Å²) < 4.78 is 5.75. The van der Waals surface area contributed by atoms with E-state index in [0.717, 1.165) is 18.4 Å². The maximum atomic E-state index is 12.9. The first-order valence-corrected chi connectivity index (χ1v) is 10.3. The van der Waals surface area contributed by atoms with Crippen LogP contribution in [0.15, 0.2) is 69.8 Å². The van der Waals surface area contributed by atoms with Crippen LogP contribution in [0.2, 0.25) is 0 Å². The summed E-state index contributed by atoms with van der Waals surface area (Å²) >= 11 is 3.18. The number of anilines is 1. The fourth-order valence-corrected chi connectivity index (χ4v) is 3.58. The van der Waals surface area contributed by atoms with E-state index in [2.05, 4.69) is 57.8 Å². The molecule has 1 aliphatic carbocycles. The highest BCUT2D eigenvalue weighted by atomic mass is 79.9. The molecule has 2 N–H and O–H groups in total. The minimum Gasteiger partial charge on any atom is -0.444 e. The molecule has 4 rings (SSSR count). The number of carbonyl (C=O) groups is 2. The van der Waals surface area contributed by atoms with Gasteiger partial charge >= 0.3 is 0 Å². The van der Waals surface area contributed by atoms with Gasteiger partial charge in [-0.25, -0.2) is 0 Å². The van der Waals surface area contributed by atoms with E-state index >= 15 is 0 Å². The first-order chi connectivity index (χ1) is 14.0. The Hall–Kier alpha value is -2.86. The van der Waals surface area contributed by atoms with Crippen molar-refractivity contribution in [3.05, 3.63) is 87.8 Å². The van der Waals surface area contributed by atoms with Gasteiger partial charge in [-0.15, -0.1) is 0 Å². The summed E-state index contributed by atoms with van der Waals surface area (Å²) in [5, 5.41) is 5.93. The largest absolute Gasteiger partial charge is 0.444 e. The number of furan rings is 1. The number of hydrogen-bond donors (Lipinski definition) is 2. The van der Waals surface area contributed by atoms with Gasteiger partial charge in [-0.05, 0) is 77.5 Å². The van der Waals surface area contributed by atoms with E-state index in [9.17, 15) is 9.59 Å². The van der Waals surface area contributed by atoms with E-state index < -0.39 is 0 Å². The molecule has 1 heterocycles. The van der Waals surface area contributed by atoms with Gasteiger partial charge in [0.25, 0.3) is 11.8 Å². The molecule has 148 valence electrons. The van der Waals surface area contributed by atoms with E-state index in [0.29, 0.717) is 21.8 Å². The van der Waals surface area contributed by atoms with Crippen molar-refractivity contribution in [2.24, 2.45) is 5.92 Å². The van der Waals surface area contributed by atoms with Crippen LogP contribution < -0.4 is 10.6 Å². The van der Waals surface area contributed by atoms with Crippen LogP contribution in [0.1, 0.15) is 50.9 Å². The second-order valence-electron chi connectivity index (χ2n) is 7.34. The molecule has 2 amide bonds. The molecule has 1 aromatic heterocycles. The number of hydrogen-bond acceptors (Lipinski definition) is 3. The van der Waals surface area contributed by atoms with E-state index in [4.69, 9.17) is 4.42 Å². The lowest BCUT2D eigenvalue weighted by molar-refractivity contribution is 0.0930. The van der Waals surface area contributed by atoms with Crippen molar-refractivity contribution in [3.8, 4) is 0 Å². The second-order valence-corrected chi connectivity index (χ2v) is 8.12. The molecule has 0 spiro atoms. The van der Waals surface area contributed by atoms with E-state index in [1.54, 1.807) is 36.4 Å². The Bertz CT molecular complexity index is 1040. The third-order valence-electron chi connectivity index (χ3n) is 5.00. The zero-order chi connectivity index (χ0) is 20.4. The molecule has 2 aromatic carbocycles. The van der Waals surface area contributed by atoms with Crippen LogP contribution in [0.5, 0.6) is 0 Å². The lowest BCUT2D eigenvalue weighted by atomic mass is 10.0. The van der Waals surface area contributed by atoms with Crippen molar-refractivity contribution in [1.29, 1.82) is 0 Å². The number of carbonyl (C=O) groups excluding carboxylic acids is 2. The molecular weight excluding hydrogens is 432 g/mol. The lowest BCUT2D eigenvalue weighted by Gasteiger charge is -2.19. The third-order valence-corrected chi connectivity index (χ3v) is 5.42. The van der Waals surface area contributed by atoms with Gasteiger partial charge in [0.15, 0.2) is 10.4 Å². The maximum Gasteiger partial charge on any atom is 0.291 e. The zero-order valence-corrected chi connectivity index (χ0v) is 17.5. The molecule has 6 heteroatoms. The molecule has 1 saturated carbocycles. The maximum absolute atomic E-state index is 12.9. The molecule has 5 nitrogen and oxygen atoms in total. The van der Waals surface area contributed by atoms with E-state index in [1.165, 1.54) is 5.56 Å². The van der Waals surface area contributed by atoms with Gasteiger partial charge in [0, 0.05) is 11.3 Å². The Morgan fingerprint density at radius 3 is 2.45 bits per heavy atom. The zero-order valence-electron chi connectivity index (χ0n) is 15.9. The van der Waals surface area contributed by atoms with Crippen LogP contribution in [-0.2, 0) is 0 Å². The minimum absolute atomic E-state index is 0.00168. The Kier molecular flexibility index (Phi) is 5.53. The molecule has 0 radical (unpaired) electrons. The summed E-state index contributed by atoms with van der Waals surface area (Å²) in [6.45, 7) is 2.05. The van der Waals surface area contributed by atoms with Gasteiger partial charge in [0.2, 0.25) is 0 Å². The molecule has 0 bridgehead atoms. The van der Waals surface area contributed by atoms with Crippen LogP contribution in [0.3, 0.4) is 0 Å². The van der Waals surface area contributed by atoms with Crippen LogP contribution in [0, 0.1) is 12.8 Å². The molecule has 29 heavy (non-hydrogen) atoms. The molecule has 1 aliphatic rings. The van der Waals surface area contributed by atoms with Crippen molar-refractivity contribution in [2.75, 3.05) is 5.32 Å². The predicted octanol–water partition coefficient (Wildman–Crippen LogP) is 5.48. The topological polar surface area (TPSA) is 71.3 Å². The average molecular weight is 453 g/mol. The average Bonchev–Trinajstić information content (AvgIpc) is 3.46. The standard InChI is InChI=1S/C23H21BrN2O3/c1-14-5-7-15(8-6-14)21(16-9-10-16)26-22(27)17-3-2-4-18(13-17)25-23(28)19-11-12-20(24)29-19/h2-8,11-13,16,21H,9-10H2,1H3,(H,25,28)(H,26,27). The fraction of sp³-hybridized carbons (Fsp3) is 0.217. The molecule has 1 fully saturated rings. The summed E-state index contributed by atoms with van der Waals surface area (Å²) in [6, 6.07) is 18.4. The van der Waals surface area contributed by atoms with Crippen LogP contribution >= 0.6 is 15.9 Å². The number of amides is 2. The van der Waals surface area contributed by atoms with Crippen LogP contribution in [-0.4, -0.2) is 11.8 Å². The van der Waals surface area contributed by atoms with Crippen molar-refractivity contribution in [3.63, 3.8) is 0 Å². The lowest BCUT2D eigenvalue weighted by Crippen LogP contribution is -2.30. The first kappa shape index (κ1) is 19.5. The Balaban J connectivity index is 1.47. The van der Waals surface area contributed by atoms with Gasteiger partial charge in [-0.2, -0.15) is 0 Å².